The molecule has 1 heterocycles. The maximum absolute atomic E-state index is 12.9. The highest BCUT2D eigenvalue weighted by Crippen LogP contribution is 2.65. The monoisotopic (exact) mass is 457 g/mol. The lowest BCUT2D eigenvalue weighted by molar-refractivity contribution is -0.145. The summed E-state index contributed by atoms with van der Waals surface area (Å²) in [5.74, 6) is -0.240. The Hall–Kier alpha value is -2.28. The van der Waals surface area contributed by atoms with Crippen LogP contribution in [0.2, 0.25) is 0 Å². The van der Waals surface area contributed by atoms with Crippen molar-refractivity contribution in [2.75, 3.05) is 13.2 Å². The number of allylic oxidation sites excluding steroid dienone is 2. The molecule has 0 N–H and O–H groups in total. The molecule has 7 heteroatoms. The summed E-state index contributed by atoms with van der Waals surface area (Å²) in [4.78, 5) is 51.1. The number of imide groups is 1. The van der Waals surface area contributed by atoms with Crippen LogP contribution in [0.1, 0.15) is 23.2 Å². The van der Waals surface area contributed by atoms with E-state index in [-0.39, 0.29) is 60.8 Å². The summed E-state index contributed by atoms with van der Waals surface area (Å²) in [6.45, 7) is -0.338. The molecular formula is C22H20BrNO5. The molecule has 1 aromatic rings. The highest BCUT2D eigenvalue weighted by atomic mass is 79.9. The normalized spacial score (nSPS) is 33.5. The third kappa shape index (κ3) is 3.06. The van der Waals surface area contributed by atoms with Crippen molar-refractivity contribution in [1.29, 1.82) is 0 Å². The molecule has 6 rings (SSSR count). The molecule has 6 nitrogen and oxygen atoms in total. The topological polar surface area (TPSA) is 80.8 Å². The van der Waals surface area contributed by atoms with Crippen molar-refractivity contribution in [2.24, 2.45) is 35.5 Å². The number of carbonyl (C=O) groups is 4. The first-order chi connectivity index (χ1) is 14.0. The zero-order valence-electron chi connectivity index (χ0n) is 15.6. The first-order valence-corrected chi connectivity index (χ1v) is 10.7. The lowest BCUT2D eigenvalue weighted by atomic mass is 9.63. The minimum absolute atomic E-state index is 0.0186. The van der Waals surface area contributed by atoms with E-state index in [9.17, 15) is 19.2 Å². The predicted molar refractivity (Wildman–Crippen MR) is 105 cm³/mol. The van der Waals surface area contributed by atoms with Crippen molar-refractivity contribution < 1.29 is 23.9 Å². The fraction of sp³-hybridized carbons (Fsp3) is 0.455. The summed E-state index contributed by atoms with van der Waals surface area (Å²) in [5, 5.41) is 0. The van der Waals surface area contributed by atoms with Crippen molar-refractivity contribution in [3.63, 3.8) is 0 Å². The summed E-state index contributed by atoms with van der Waals surface area (Å²) in [6.07, 6.45) is 5.27. The highest BCUT2D eigenvalue weighted by Gasteiger charge is 2.66. The fourth-order valence-corrected chi connectivity index (χ4v) is 5.64. The summed E-state index contributed by atoms with van der Waals surface area (Å²) in [6, 6.07) is 6.78. The molecule has 0 spiro atoms. The molecule has 0 radical (unpaired) electrons. The molecule has 1 saturated heterocycles. The third-order valence-corrected chi connectivity index (χ3v) is 7.35. The number of ether oxygens (including phenoxy) is 1. The van der Waals surface area contributed by atoms with Gasteiger partial charge < -0.3 is 4.74 Å². The van der Waals surface area contributed by atoms with Crippen LogP contribution in [-0.4, -0.2) is 41.6 Å². The second-order valence-electron chi connectivity index (χ2n) is 8.32. The Balaban J connectivity index is 1.15. The summed E-state index contributed by atoms with van der Waals surface area (Å²) in [7, 11) is 0. The number of halogens is 1. The van der Waals surface area contributed by atoms with Gasteiger partial charge in [0.05, 0.1) is 18.3 Å². The number of likely N-dealkylation sites (tertiary alicyclic amines) is 1. The average molecular weight is 458 g/mol. The van der Waals surface area contributed by atoms with Gasteiger partial charge in [0.2, 0.25) is 11.8 Å². The van der Waals surface area contributed by atoms with Crippen molar-refractivity contribution >= 4 is 39.5 Å². The molecule has 6 atom stereocenters. The van der Waals surface area contributed by atoms with Crippen molar-refractivity contribution in [1.82, 2.24) is 4.90 Å². The maximum atomic E-state index is 12.9. The Morgan fingerprint density at radius 3 is 2.17 bits per heavy atom. The molecule has 29 heavy (non-hydrogen) atoms. The Morgan fingerprint density at radius 2 is 1.59 bits per heavy atom. The van der Waals surface area contributed by atoms with Gasteiger partial charge in [0, 0.05) is 16.6 Å². The van der Waals surface area contributed by atoms with E-state index in [0.29, 0.717) is 17.4 Å². The summed E-state index contributed by atoms with van der Waals surface area (Å²) in [5.41, 5.74) is 0.455. The van der Waals surface area contributed by atoms with Crippen molar-refractivity contribution in [3.8, 4) is 0 Å². The number of hydrogen-bond donors (Lipinski definition) is 0. The fourth-order valence-electron chi connectivity index (χ4n) is 5.38. The number of Topliss-reactive ketones (excluding diaryl/α,β-unsaturated/α-hetero) is 1. The van der Waals surface area contributed by atoms with Crippen LogP contribution in [0.15, 0.2) is 40.9 Å². The van der Waals surface area contributed by atoms with Gasteiger partial charge in [-0.15, -0.1) is 0 Å². The Morgan fingerprint density at radius 1 is 1.00 bits per heavy atom. The van der Waals surface area contributed by atoms with Crippen LogP contribution < -0.4 is 0 Å². The standard InChI is InChI=1S/C22H20BrNO5/c23-12-3-1-11(2-4-12)17(25)10-29-18(26)7-8-24-21(27)19-13-5-6-14(16-9-15(13)16)20(19)22(24)28/h1-6,13-16,19-20H,7-10H2. The Kier molecular flexibility index (Phi) is 4.46. The minimum Gasteiger partial charge on any atom is -0.457 e. The molecule has 150 valence electrons. The van der Waals surface area contributed by atoms with Crippen LogP contribution in [0.25, 0.3) is 0 Å². The third-order valence-electron chi connectivity index (χ3n) is 6.82. The van der Waals surface area contributed by atoms with Crippen LogP contribution in [0, 0.1) is 35.5 Å². The van der Waals surface area contributed by atoms with E-state index >= 15 is 0 Å². The lowest BCUT2D eigenvalue weighted by Crippen LogP contribution is -2.40. The van der Waals surface area contributed by atoms with E-state index in [4.69, 9.17) is 4.74 Å². The van der Waals surface area contributed by atoms with E-state index in [1.807, 2.05) is 0 Å². The van der Waals surface area contributed by atoms with E-state index in [1.54, 1.807) is 24.3 Å². The molecule has 0 aromatic heterocycles. The number of amides is 2. The first kappa shape index (κ1) is 18.7. The molecule has 3 fully saturated rings. The number of nitrogens with zero attached hydrogens (tertiary/aromatic N) is 1. The van der Waals surface area contributed by atoms with Crippen LogP contribution in [-0.2, 0) is 19.1 Å². The number of ketones is 1. The SMILES string of the molecule is O=C(CCN1C(=O)C2C3C=CC(C4CC34)C2C1=O)OCC(=O)c1ccc(Br)cc1. The molecule has 4 aliphatic carbocycles. The van der Waals surface area contributed by atoms with E-state index < -0.39 is 5.97 Å². The highest BCUT2D eigenvalue weighted by molar-refractivity contribution is 9.10. The van der Waals surface area contributed by atoms with Gasteiger partial charge >= 0.3 is 5.97 Å². The van der Waals surface area contributed by atoms with Gasteiger partial charge in [0.1, 0.15) is 0 Å². The molecular weight excluding hydrogens is 438 g/mol. The smallest absolute Gasteiger partial charge is 0.308 e. The second kappa shape index (κ2) is 6.90. The minimum atomic E-state index is -0.588. The van der Waals surface area contributed by atoms with Gasteiger partial charge in [-0.1, -0.05) is 40.2 Å². The lowest BCUT2D eigenvalue weighted by Gasteiger charge is -2.37. The van der Waals surface area contributed by atoms with Crippen LogP contribution in [0.3, 0.4) is 0 Å². The molecule has 1 aliphatic heterocycles. The molecule has 2 amide bonds. The number of carbonyl (C=O) groups excluding carboxylic acids is 4. The second-order valence-corrected chi connectivity index (χ2v) is 9.24. The van der Waals surface area contributed by atoms with Gasteiger partial charge in [-0.2, -0.15) is 0 Å². The van der Waals surface area contributed by atoms with Gasteiger partial charge in [0.15, 0.2) is 12.4 Å². The predicted octanol–water partition coefficient (Wildman–Crippen LogP) is 2.62. The molecule has 2 saturated carbocycles. The van der Waals surface area contributed by atoms with Gasteiger partial charge in [-0.05, 0) is 42.2 Å². The van der Waals surface area contributed by atoms with E-state index in [0.717, 1.165) is 10.9 Å². The van der Waals surface area contributed by atoms with E-state index in [1.165, 1.54) is 4.90 Å². The maximum Gasteiger partial charge on any atom is 0.308 e. The molecule has 2 bridgehead atoms. The van der Waals surface area contributed by atoms with Crippen molar-refractivity contribution in [3.05, 3.63) is 46.5 Å². The number of esters is 1. The summed E-state index contributed by atoms with van der Waals surface area (Å²) < 4.78 is 5.91. The van der Waals surface area contributed by atoms with Crippen molar-refractivity contribution in [2.45, 2.75) is 12.8 Å². The first-order valence-electron chi connectivity index (χ1n) is 9.93. The zero-order valence-corrected chi connectivity index (χ0v) is 17.2. The van der Waals surface area contributed by atoms with Crippen LogP contribution in [0.5, 0.6) is 0 Å². The quantitative estimate of drug-likeness (QED) is 0.284. The van der Waals surface area contributed by atoms with Crippen LogP contribution in [0.4, 0.5) is 0 Å². The Labute approximate surface area is 176 Å². The van der Waals surface area contributed by atoms with Crippen LogP contribution >= 0.6 is 15.9 Å². The van der Waals surface area contributed by atoms with Gasteiger partial charge in [0.25, 0.3) is 0 Å². The van der Waals surface area contributed by atoms with Gasteiger partial charge in [-0.3, -0.25) is 24.1 Å². The number of rotatable bonds is 6. The summed E-state index contributed by atoms with van der Waals surface area (Å²) >= 11 is 3.30. The largest absolute Gasteiger partial charge is 0.457 e. The Bertz CT molecular complexity index is 903. The van der Waals surface area contributed by atoms with E-state index in [2.05, 4.69) is 28.1 Å². The molecule has 1 aromatic carbocycles. The number of hydrogen-bond acceptors (Lipinski definition) is 5. The average Bonchev–Trinajstić information content (AvgIpc) is 3.50. The molecule has 5 aliphatic rings. The van der Waals surface area contributed by atoms with Gasteiger partial charge in [-0.25, -0.2) is 0 Å². The molecule has 6 unspecified atom stereocenters. The zero-order chi connectivity index (χ0) is 20.3. The number of benzene rings is 1.